The van der Waals surface area contributed by atoms with Gasteiger partial charge in [-0.3, -0.25) is 9.52 Å². The monoisotopic (exact) mass is 502 g/mol. The van der Waals surface area contributed by atoms with Gasteiger partial charge in [-0.05, 0) is 73.7 Å². The van der Waals surface area contributed by atoms with Gasteiger partial charge in [0.1, 0.15) is 5.75 Å². The molecule has 1 atom stereocenters. The Kier molecular flexibility index (Phi) is 8.30. The van der Waals surface area contributed by atoms with E-state index in [0.29, 0.717) is 28.6 Å². The van der Waals surface area contributed by atoms with Crippen LogP contribution in [0.4, 0.5) is 11.4 Å². The van der Waals surface area contributed by atoms with Gasteiger partial charge in [0, 0.05) is 16.3 Å². The molecule has 3 rings (SSSR count). The second-order valence-electron chi connectivity index (χ2n) is 7.12. The molecule has 10 heteroatoms. The van der Waals surface area contributed by atoms with E-state index in [4.69, 9.17) is 14.2 Å². The van der Waals surface area contributed by atoms with Crippen molar-refractivity contribution in [1.82, 2.24) is 0 Å². The molecule has 0 aliphatic carbocycles. The molecular weight excluding hydrogens is 476 g/mol. The van der Waals surface area contributed by atoms with Gasteiger partial charge in [0.15, 0.2) is 11.5 Å². The third kappa shape index (κ3) is 6.36. The lowest BCUT2D eigenvalue weighted by Gasteiger charge is -2.14. The number of hydrogen-bond acceptors (Lipinski definition) is 7. The summed E-state index contributed by atoms with van der Waals surface area (Å²) in [7, 11) is 0.876. The Hall–Kier alpha value is -3.37. The minimum atomic E-state index is -3.78. The molecule has 0 aliphatic heterocycles. The number of sulfonamides is 1. The van der Waals surface area contributed by atoms with E-state index in [1.807, 2.05) is 12.1 Å². The molecule has 3 aromatic rings. The minimum Gasteiger partial charge on any atom is -0.497 e. The average Bonchev–Trinajstić information content (AvgIpc) is 2.84. The van der Waals surface area contributed by atoms with Crippen LogP contribution in [0.3, 0.4) is 0 Å². The molecule has 0 radical (unpaired) electrons. The second-order valence-corrected chi connectivity index (χ2v) is 10.2. The summed E-state index contributed by atoms with van der Waals surface area (Å²) >= 11 is 1.37. The molecule has 34 heavy (non-hydrogen) atoms. The lowest BCUT2D eigenvalue weighted by Crippen LogP contribution is -2.22. The summed E-state index contributed by atoms with van der Waals surface area (Å²) in [5, 5.41) is 2.40. The van der Waals surface area contributed by atoms with Crippen molar-refractivity contribution in [3.63, 3.8) is 0 Å². The summed E-state index contributed by atoms with van der Waals surface area (Å²) in [6, 6.07) is 18.0. The van der Waals surface area contributed by atoms with Crippen LogP contribution in [0.25, 0.3) is 0 Å². The SMILES string of the molecule is COc1ccc(NS(=O)(=O)c2ccc(NC(=O)[C@H](C)Sc3ccc(OC)c(OC)c3)cc2)cc1. The van der Waals surface area contributed by atoms with E-state index in [-0.39, 0.29) is 10.8 Å². The van der Waals surface area contributed by atoms with Gasteiger partial charge in [-0.2, -0.15) is 0 Å². The summed E-state index contributed by atoms with van der Waals surface area (Å²) < 4.78 is 43.4. The maximum Gasteiger partial charge on any atom is 0.261 e. The molecule has 180 valence electrons. The quantitative estimate of drug-likeness (QED) is 0.390. The summed E-state index contributed by atoms with van der Waals surface area (Å²) in [4.78, 5) is 13.6. The van der Waals surface area contributed by atoms with E-state index in [1.54, 1.807) is 63.6 Å². The van der Waals surface area contributed by atoms with E-state index >= 15 is 0 Å². The van der Waals surface area contributed by atoms with Crippen LogP contribution in [0.2, 0.25) is 0 Å². The first kappa shape index (κ1) is 25.3. The molecule has 0 saturated heterocycles. The molecule has 3 aromatic carbocycles. The fourth-order valence-electron chi connectivity index (χ4n) is 2.98. The number of amides is 1. The topological polar surface area (TPSA) is 103 Å². The number of carbonyl (C=O) groups excluding carboxylic acids is 1. The average molecular weight is 503 g/mol. The molecule has 0 bridgehead atoms. The number of hydrogen-bond donors (Lipinski definition) is 2. The Balaban J connectivity index is 1.62. The van der Waals surface area contributed by atoms with Crippen molar-refractivity contribution in [3.05, 3.63) is 66.7 Å². The van der Waals surface area contributed by atoms with Crippen LogP contribution in [0.1, 0.15) is 6.92 Å². The Morgan fingerprint density at radius 1 is 0.824 bits per heavy atom. The van der Waals surface area contributed by atoms with Crippen molar-refractivity contribution in [2.45, 2.75) is 22.0 Å². The maximum atomic E-state index is 12.6. The standard InChI is InChI=1S/C24H26N2O6S2/c1-16(33-20-11-14-22(31-3)23(15-20)32-4)24(27)25-17-7-12-21(13-8-17)34(28,29)26-18-5-9-19(30-2)10-6-18/h5-16,26H,1-4H3,(H,25,27)/t16-/m0/s1. The molecule has 0 fully saturated rings. The fraction of sp³-hybridized carbons (Fsp3) is 0.208. The molecule has 8 nitrogen and oxygen atoms in total. The van der Waals surface area contributed by atoms with Gasteiger partial charge < -0.3 is 19.5 Å². The fourth-order valence-corrected chi connectivity index (χ4v) is 4.94. The summed E-state index contributed by atoms with van der Waals surface area (Å²) in [6.45, 7) is 1.79. The first-order valence-electron chi connectivity index (χ1n) is 10.2. The van der Waals surface area contributed by atoms with Crippen LogP contribution in [0, 0.1) is 0 Å². The lowest BCUT2D eigenvalue weighted by molar-refractivity contribution is -0.115. The van der Waals surface area contributed by atoms with E-state index < -0.39 is 15.3 Å². The highest BCUT2D eigenvalue weighted by molar-refractivity contribution is 8.00. The Morgan fingerprint density at radius 3 is 2.03 bits per heavy atom. The molecule has 0 aliphatic rings. The number of rotatable bonds is 10. The highest BCUT2D eigenvalue weighted by atomic mass is 32.2. The molecule has 0 spiro atoms. The first-order valence-corrected chi connectivity index (χ1v) is 12.6. The lowest BCUT2D eigenvalue weighted by atomic mass is 10.3. The smallest absolute Gasteiger partial charge is 0.261 e. The second kappa shape index (κ2) is 11.2. The van der Waals surface area contributed by atoms with Crippen LogP contribution in [-0.2, 0) is 14.8 Å². The van der Waals surface area contributed by atoms with Crippen LogP contribution >= 0.6 is 11.8 Å². The van der Waals surface area contributed by atoms with Crippen molar-refractivity contribution in [2.75, 3.05) is 31.4 Å². The Morgan fingerprint density at radius 2 is 1.44 bits per heavy atom. The van der Waals surface area contributed by atoms with Gasteiger partial charge in [0.05, 0.1) is 31.5 Å². The van der Waals surface area contributed by atoms with Gasteiger partial charge in [-0.15, -0.1) is 11.8 Å². The highest BCUT2D eigenvalue weighted by Crippen LogP contribution is 2.33. The number of methoxy groups -OCH3 is 3. The van der Waals surface area contributed by atoms with Gasteiger partial charge >= 0.3 is 0 Å². The summed E-state index contributed by atoms with van der Waals surface area (Å²) in [6.07, 6.45) is 0. The van der Waals surface area contributed by atoms with Crippen LogP contribution in [-0.4, -0.2) is 40.9 Å². The zero-order chi connectivity index (χ0) is 24.7. The number of thioether (sulfide) groups is 1. The van der Waals surface area contributed by atoms with E-state index in [0.717, 1.165) is 4.90 Å². The Labute approximate surface area is 203 Å². The normalized spacial score (nSPS) is 11.9. The number of nitrogens with one attached hydrogen (secondary N) is 2. The van der Waals surface area contributed by atoms with Gasteiger partial charge in [0.25, 0.3) is 10.0 Å². The van der Waals surface area contributed by atoms with Crippen LogP contribution in [0.15, 0.2) is 76.5 Å². The molecule has 1 amide bonds. The van der Waals surface area contributed by atoms with Crippen LogP contribution < -0.4 is 24.2 Å². The maximum absolute atomic E-state index is 12.6. The summed E-state index contributed by atoms with van der Waals surface area (Å²) in [5.41, 5.74) is 0.910. The largest absolute Gasteiger partial charge is 0.497 e. The van der Waals surface area contributed by atoms with Gasteiger partial charge in [0.2, 0.25) is 5.91 Å². The predicted molar refractivity (Wildman–Crippen MR) is 134 cm³/mol. The zero-order valence-corrected chi connectivity index (χ0v) is 20.8. The van der Waals surface area contributed by atoms with Gasteiger partial charge in [-0.1, -0.05) is 0 Å². The minimum absolute atomic E-state index is 0.0778. The van der Waals surface area contributed by atoms with Gasteiger partial charge in [-0.25, -0.2) is 8.42 Å². The van der Waals surface area contributed by atoms with Crippen molar-refractivity contribution >= 4 is 39.1 Å². The number of ether oxygens (including phenoxy) is 3. The first-order chi connectivity index (χ1) is 16.2. The van der Waals surface area contributed by atoms with Crippen molar-refractivity contribution in [2.24, 2.45) is 0 Å². The Bertz CT molecular complexity index is 1230. The predicted octanol–water partition coefficient (Wildman–Crippen LogP) is 4.63. The van der Waals surface area contributed by atoms with Crippen LogP contribution in [0.5, 0.6) is 17.2 Å². The molecule has 0 heterocycles. The number of anilines is 2. The molecular formula is C24H26N2O6S2. The van der Waals surface area contributed by atoms with E-state index in [9.17, 15) is 13.2 Å². The number of carbonyl (C=O) groups is 1. The van der Waals surface area contributed by atoms with E-state index in [2.05, 4.69) is 10.0 Å². The summed E-state index contributed by atoms with van der Waals surface area (Å²) in [5.74, 6) is 1.61. The molecule has 0 saturated carbocycles. The van der Waals surface area contributed by atoms with Crippen molar-refractivity contribution in [1.29, 1.82) is 0 Å². The zero-order valence-electron chi connectivity index (χ0n) is 19.2. The molecule has 0 unspecified atom stereocenters. The van der Waals surface area contributed by atoms with E-state index in [1.165, 1.54) is 31.0 Å². The molecule has 2 N–H and O–H groups in total. The third-order valence-corrected chi connectivity index (χ3v) is 7.30. The number of benzene rings is 3. The highest BCUT2D eigenvalue weighted by Gasteiger charge is 2.18. The van der Waals surface area contributed by atoms with Crippen molar-refractivity contribution in [3.8, 4) is 17.2 Å². The molecule has 0 aromatic heterocycles. The third-order valence-electron chi connectivity index (χ3n) is 4.81. The van der Waals surface area contributed by atoms with Crippen molar-refractivity contribution < 1.29 is 27.4 Å².